The number of hydrogen-bond donors (Lipinski definition) is 1. The lowest BCUT2D eigenvalue weighted by Crippen LogP contribution is -2.32. The van der Waals surface area contributed by atoms with E-state index in [2.05, 4.69) is 36.5 Å². The zero-order valence-corrected chi connectivity index (χ0v) is 18.1. The van der Waals surface area contributed by atoms with Crippen molar-refractivity contribution >= 4 is 22.9 Å². The summed E-state index contributed by atoms with van der Waals surface area (Å²) in [5.41, 5.74) is 4.76. The van der Waals surface area contributed by atoms with Crippen LogP contribution in [0.4, 0.5) is 4.79 Å². The topological polar surface area (TPSA) is 67.9 Å². The van der Waals surface area contributed by atoms with E-state index < -0.39 is 0 Å². The van der Waals surface area contributed by atoms with Gasteiger partial charge in [0.05, 0.1) is 18.9 Å². The van der Waals surface area contributed by atoms with Crippen molar-refractivity contribution in [3.8, 4) is 11.5 Å². The van der Waals surface area contributed by atoms with Gasteiger partial charge in [-0.3, -0.25) is 14.5 Å². The number of hydrogen-bond acceptors (Lipinski definition) is 6. The number of amides is 2. The number of benzene rings is 2. The quantitative estimate of drug-likeness (QED) is 0.692. The highest BCUT2D eigenvalue weighted by Gasteiger charge is 2.29. The molecule has 2 aromatic rings. The van der Waals surface area contributed by atoms with Crippen LogP contribution in [0, 0.1) is 6.92 Å². The van der Waals surface area contributed by atoms with Crippen LogP contribution < -0.4 is 14.8 Å². The fraction of sp³-hybridized carbons (Fsp3) is 0.391. The molecular weight excluding hydrogens is 400 g/mol. The van der Waals surface area contributed by atoms with Gasteiger partial charge in [-0.15, -0.1) is 0 Å². The third-order valence-corrected chi connectivity index (χ3v) is 6.34. The minimum atomic E-state index is -0.188. The summed E-state index contributed by atoms with van der Waals surface area (Å²) < 4.78 is 11.4. The lowest BCUT2D eigenvalue weighted by Gasteiger charge is -2.17. The molecule has 0 aliphatic carbocycles. The van der Waals surface area contributed by atoms with Crippen LogP contribution >= 0.6 is 11.8 Å². The van der Waals surface area contributed by atoms with Crippen molar-refractivity contribution in [1.82, 2.24) is 10.2 Å². The largest absolute Gasteiger partial charge is 0.493 e. The molecule has 1 saturated heterocycles. The zero-order chi connectivity index (χ0) is 21.1. The summed E-state index contributed by atoms with van der Waals surface area (Å²) in [6, 6.07) is 12.8. The molecule has 2 aliphatic heterocycles. The van der Waals surface area contributed by atoms with E-state index in [1.54, 1.807) is 0 Å². The molecule has 2 amide bonds. The molecule has 0 bridgehead atoms. The number of thioether (sulfide) groups is 1. The smallest absolute Gasteiger partial charge is 0.288 e. The van der Waals surface area contributed by atoms with Crippen LogP contribution in [0.1, 0.15) is 35.2 Å². The van der Waals surface area contributed by atoms with Gasteiger partial charge in [-0.05, 0) is 48.2 Å². The van der Waals surface area contributed by atoms with Crippen LogP contribution in [0.5, 0.6) is 11.5 Å². The summed E-state index contributed by atoms with van der Waals surface area (Å²) in [4.78, 5) is 24.5. The lowest BCUT2D eigenvalue weighted by molar-refractivity contribution is -0.124. The number of nitrogens with zero attached hydrogens (tertiary/aromatic N) is 1. The monoisotopic (exact) mass is 426 g/mol. The summed E-state index contributed by atoms with van der Waals surface area (Å²) in [6.45, 7) is 6.29. The molecule has 0 saturated carbocycles. The number of rotatable bonds is 8. The SMILES string of the molecule is Cc1cc(CNC(C)c2ccc3c(c2)CCO3)ccc1OCCN1C(=O)CSC1=O. The Morgan fingerprint density at radius 3 is 2.87 bits per heavy atom. The van der Waals surface area contributed by atoms with Gasteiger partial charge in [0, 0.05) is 19.0 Å². The average Bonchev–Trinajstić information content (AvgIpc) is 3.34. The standard InChI is InChI=1S/C23H26N2O4S/c1-15-11-17(3-5-20(15)29-10-8-25-22(26)14-30-23(25)27)13-24-16(2)18-4-6-21-19(12-18)7-9-28-21/h3-6,11-12,16,24H,7-10,13-14H2,1-2H3. The Bertz CT molecular complexity index is 946. The molecule has 1 fully saturated rings. The molecule has 2 aromatic carbocycles. The maximum absolute atomic E-state index is 11.6. The van der Waals surface area contributed by atoms with E-state index in [-0.39, 0.29) is 29.5 Å². The molecule has 2 heterocycles. The molecule has 1 N–H and O–H groups in total. The molecule has 7 heteroatoms. The van der Waals surface area contributed by atoms with Crippen molar-refractivity contribution < 1.29 is 19.1 Å². The van der Waals surface area contributed by atoms with Gasteiger partial charge in [0.25, 0.3) is 5.24 Å². The molecule has 2 aliphatic rings. The molecule has 4 rings (SSSR count). The van der Waals surface area contributed by atoms with E-state index in [4.69, 9.17) is 9.47 Å². The van der Waals surface area contributed by atoms with Gasteiger partial charge >= 0.3 is 0 Å². The number of nitrogens with one attached hydrogen (secondary N) is 1. The van der Waals surface area contributed by atoms with Crippen LogP contribution in [0.25, 0.3) is 0 Å². The van der Waals surface area contributed by atoms with Crippen molar-refractivity contribution in [2.24, 2.45) is 0 Å². The van der Waals surface area contributed by atoms with Gasteiger partial charge in [-0.1, -0.05) is 36.0 Å². The molecule has 158 valence electrons. The summed E-state index contributed by atoms with van der Waals surface area (Å²) in [7, 11) is 0. The number of ether oxygens (including phenoxy) is 2. The first-order valence-electron chi connectivity index (χ1n) is 10.2. The Morgan fingerprint density at radius 1 is 1.23 bits per heavy atom. The second kappa shape index (κ2) is 9.10. The van der Waals surface area contributed by atoms with Gasteiger partial charge in [-0.25, -0.2) is 0 Å². The minimum Gasteiger partial charge on any atom is -0.493 e. The second-order valence-electron chi connectivity index (χ2n) is 7.62. The maximum atomic E-state index is 11.6. The van der Waals surface area contributed by atoms with E-state index in [0.29, 0.717) is 6.61 Å². The Balaban J connectivity index is 1.28. The number of carbonyl (C=O) groups is 2. The number of aryl methyl sites for hydroxylation is 1. The number of imide groups is 1. The summed E-state index contributed by atoms with van der Waals surface area (Å²) >= 11 is 1.05. The maximum Gasteiger partial charge on any atom is 0.288 e. The third kappa shape index (κ3) is 4.63. The first kappa shape index (κ1) is 20.8. The molecule has 0 spiro atoms. The van der Waals surface area contributed by atoms with Crippen LogP contribution in [0.15, 0.2) is 36.4 Å². The highest BCUT2D eigenvalue weighted by atomic mass is 32.2. The summed E-state index contributed by atoms with van der Waals surface area (Å²) in [5.74, 6) is 1.88. The summed E-state index contributed by atoms with van der Waals surface area (Å²) in [6.07, 6.45) is 0.982. The third-order valence-electron chi connectivity index (χ3n) is 5.48. The molecule has 0 radical (unpaired) electrons. The van der Waals surface area contributed by atoms with Crippen molar-refractivity contribution in [3.05, 3.63) is 58.7 Å². The van der Waals surface area contributed by atoms with Crippen LogP contribution in [0.3, 0.4) is 0 Å². The Hall–Kier alpha value is -2.51. The molecule has 1 unspecified atom stereocenters. The van der Waals surface area contributed by atoms with Gasteiger partial charge in [-0.2, -0.15) is 0 Å². The van der Waals surface area contributed by atoms with Crippen LogP contribution in [-0.2, 0) is 17.8 Å². The van der Waals surface area contributed by atoms with Gasteiger partial charge in [0.15, 0.2) is 0 Å². The molecule has 0 aromatic heterocycles. The predicted molar refractivity (Wildman–Crippen MR) is 117 cm³/mol. The van der Waals surface area contributed by atoms with Crippen molar-refractivity contribution in [3.63, 3.8) is 0 Å². The van der Waals surface area contributed by atoms with E-state index in [0.717, 1.165) is 48.4 Å². The van der Waals surface area contributed by atoms with E-state index in [1.807, 2.05) is 19.1 Å². The molecule has 6 nitrogen and oxygen atoms in total. The van der Waals surface area contributed by atoms with Crippen molar-refractivity contribution in [2.75, 3.05) is 25.5 Å². The van der Waals surface area contributed by atoms with Gasteiger partial charge < -0.3 is 14.8 Å². The second-order valence-corrected chi connectivity index (χ2v) is 8.54. The fourth-order valence-corrected chi connectivity index (χ4v) is 4.44. The average molecular weight is 427 g/mol. The van der Waals surface area contributed by atoms with E-state index in [1.165, 1.54) is 21.6 Å². The highest BCUT2D eigenvalue weighted by molar-refractivity contribution is 8.14. The Kier molecular flexibility index (Phi) is 6.29. The summed E-state index contributed by atoms with van der Waals surface area (Å²) in [5, 5.41) is 3.39. The minimum absolute atomic E-state index is 0.142. The van der Waals surface area contributed by atoms with Crippen LogP contribution in [0.2, 0.25) is 0 Å². The van der Waals surface area contributed by atoms with E-state index >= 15 is 0 Å². The Labute approximate surface area is 180 Å². The van der Waals surface area contributed by atoms with E-state index in [9.17, 15) is 9.59 Å². The number of carbonyl (C=O) groups excluding carboxylic acids is 2. The fourth-order valence-electron chi connectivity index (χ4n) is 3.69. The van der Waals surface area contributed by atoms with Crippen molar-refractivity contribution in [2.45, 2.75) is 32.9 Å². The zero-order valence-electron chi connectivity index (χ0n) is 17.3. The molecular formula is C23H26N2O4S. The predicted octanol–water partition coefficient (Wildman–Crippen LogP) is 3.85. The Morgan fingerprint density at radius 2 is 2.10 bits per heavy atom. The number of fused-ring (bicyclic) bond motifs is 1. The highest BCUT2D eigenvalue weighted by Crippen LogP contribution is 2.28. The first-order chi connectivity index (χ1) is 14.5. The lowest BCUT2D eigenvalue weighted by atomic mass is 10.0. The van der Waals surface area contributed by atoms with Crippen molar-refractivity contribution in [1.29, 1.82) is 0 Å². The first-order valence-corrected chi connectivity index (χ1v) is 11.2. The van der Waals surface area contributed by atoms with Gasteiger partial charge in [0.1, 0.15) is 18.1 Å². The van der Waals surface area contributed by atoms with Gasteiger partial charge in [0.2, 0.25) is 5.91 Å². The normalized spacial score (nSPS) is 16.5. The molecule has 1 atom stereocenters. The molecule has 30 heavy (non-hydrogen) atoms. The van der Waals surface area contributed by atoms with Crippen LogP contribution in [-0.4, -0.2) is 41.6 Å².